The van der Waals surface area contributed by atoms with Gasteiger partial charge in [-0.3, -0.25) is 0 Å². The van der Waals surface area contributed by atoms with Crippen molar-refractivity contribution in [1.82, 2.24) is 0 Å². The third kappa shape index (κ3) is 3.92. The molecule has 1 nitrogen and oxygen atoms in total. The summed E-state index contributed by atoms with van der Waals surface area (Å²) in [5.41, 5.74) is 0.323. The molecule has 2 fully saturated rings. The Morgan fingerprint density at radius 1 is 0.958 bits per heavy atom. The van der Waals surface area contributed by atoms with E-state index in [1.807, 2.05) is 0 Å². The smallest absolute Gasteiger partial charge is 0.200 e. The second-order valence-corrected chi connectivity index (χ2v) is 7.99. The average Bonchev–Trinajstić information content (AvgIpc) is 2.59. The largest absolute Gasteiger partial charge is 0.490 e. The number of aryl methyl sites for hydroxylation is 1. The highest BCUT2D eigenvalue weighted by molar-refractivity contribution is 5.30. The molecule has 0 N–H and O–H groups in total. The molecular formula is C21H30F2O. The molecule has 1 aromatic carbocycles. The molecule has 24 heavy (non-hydrogen) atoms. The number of benzene rings is 1. The van der Waals surface area contributed by atoms with Crippen molar-refractivity contribution < 1.29 is 13.5 Å². The van der Waals surface area contributed by atoms with Crippen LogP contribution in [0.4, 0.5) is 8.78 Å². The Bertz CT molecular complexity index is 557. The van der Waals surface area contributed by atoms with E-state index < -0.39 is 11.6 Å². The fourth-order valence-electron chi connectivity index (χ4n) is 4.85. The number of ether oxygens (including phenoxy) is 1. The van der Waals surface area contributed by atoms with Crippen LogP contribution < -0.4 is 4.74 Å². The van der Waals surface area contributed by atoms with Gasteiger partial charge in [-0.1, -0.05) is 32.3 Å². The van der Waals surface area contributed by atoms with Crippen LogP contribution in [-0.2, 0) is 0 Å². The maximum absolute atomic E-state index is 13.9. The SMILES string of the molecule is CCCC1CCC2CC(COc3ccc(C)c(F)c3F)CCC2C1. The van der Waals surface area contributed by atoms with E-state index in [0.29, 0.717) is 18.1 Å². The van der Waals surface area contributed by atoms with Gasteiger partial charge in [0.1, 0.15) is 0 Å². The van der Waals surface area contributed by atoms with E-state index in [4.69, 9.17) is 4.74 Å². The lowest BCUT2D eigenvalue weighted by Crippen LogP contribution is -2.33. The number of fused-ring (bicyclic) bond motifs is 1. The second-order valence-electron chi connectivity index (χ2n) is 7.99. The molecule has 4 unspecified atom stereocenters. The average molecular weight is 336 g/mol. The lowest BCUT2D eigenvalue weighted by atomic mass is 9.64. The monoisotopic (exact) mass is 336 g/mol. The van der Waals surface area contributed by atoms with Crippen molar-refractivity contribution in [3.05, 3.63) is 29.3 Å². The summed E-state index contributed by atoms with van der Waals surface area (Å²) in [4.78, 5) is 0. The van der Waals surface area contributed by atoms with Crippen LogP contribution in [0.2, 0.25) is 0 Å². The minimum absolute atomic E-state index is 0.0619. The fourth-order valence-corrected chi connectivity index (χ4v) is 4.85. The van der Waals surface area contributed by atoms with E-state index >= 15 is 0 Å². The van der Waals surface area contributed by atoms with Crippen LogP contribution in [-0.4, -0.2) is 6.61 Å². The molecule has 0 bridgehead atoms. The van der Waals surface area contributed by atoms with E-state index in [1.54, 1.807) is 19.1 Å². The number of hydrogen-bond donors (Lipinski definition) is 0. The Morgan fingerprint density at radius 2 is 1.62 bits per heavy atom. The molecule has 0 aromatic heterocycles. The molecule has 134 valence electrons. The zero-order valence-electron chi connectivity index (χ0n) is 15.0. The van der Waals surface area contributed by atoms with Crippen molar-refractivity contribution >= 4 is 0 Å². The molecule has 1 aromatic rings. The van der Waals surface area contributed by atoms with Gasteiger partial charge in [0, 0.05) is 0 Å². The van der Waals surface area contributed by atoms with Gasteiger partial charge in [-0.2, -0.15) is 4.39 Å². The van der Waals surface area contributed by atoms with Gasteiger partial charge in [-0.15, -0.1) is 0 Å². The molecule has 0 spiro atoms. The molecule has 2 aliphatic carbocycles. The number of halogens is 2. The van der Waals surface area contributed by atoms with Crippen LogP contribution in [0.15, 0.2) is 12.1 Å². The molecule has 0 saturated heterocycles. The normalized spacial score (nSPS) is 30.0. The summed E-state index contributed by atoms with van der Waals surface area (Å²) >= 11 is 0. The second kappa shape index (κ2) is 7.84. The first kappa shape index (κ1) is 17.7. The van der Waals surface area contributed by atoms with Gasteiger partial charge in [0.25, 0.3) is 0 Å². The molecule has 3 rings (SSSR count). The van der Waals surface area contributed by atoms with Crippen molar-refractivity contribution in [2.75, 3.05) is 6.61 Å². The van der Waals surface area contributed by atoms with Crippen molar-refractivity contribution in [3.63, 3.8) is 0 Å². The molecular weight excluding hydrogens is 306 g/mol. The predicted octanol–water partition coefficient (Wildman–Crippen LogP) is 6.28. The van der Waals surface area contributed by atoms with E-state index in [-0.39, 0.29) is 5.75 Å². The Kier molecular flexibility index (Phi) is 5.78. The maximum atomic E-state index is 13.9. The van der Waals surface area contributed by atoms with Crippen LogP contribution in [0.3, 0.4) is 0 Å². The third-order valence-corrected chi connectivity index (χ3v) is 6.24. The van der Waals surface area contributed by atoms with Crippen LogP contribution in [0, 0.1) is 42.2 Å². The first-order valence-electron chi connectivity index (χ1n) is 9.65. The molecule has 0 aliphatic heterocycles. The Labute approximate surface area is 144 Å². The van der Waals surface area contributed by atoms with E-state index in [2.05, 4.69) is 6.92 Å². The predicted molar refractivity (Wildman–Crippen MR) is 93.2 cm³/mol. The van der Waals surface area contributed by atoms with Gasteiger partial charge >= 0.3 is 0 Å². The standard InChI is InChI=1S/C21H30F2O/c1-3-4-15-6-8-18-12-16(7-9-17(18)11-15)13-24-19-10-5-14(2)20(22)21(19)23/h5,10,15-18H,3-4,6-9,11-13H2,1-2H3. The van der Waals surface area contributed by atoms with Crippen LogP contribution in [0.25, 0.3) is 0 Å². The summed E-state index contributed by atoms with van der Waals surface area (Å²) in [6, 6.07) is 3.13. The maximum Gasteiger partial charge on any atom is 0.200 e. The van der Waals surface area contributed by atoms with Crippen LogP contribution >= 0.6 is 0 Å². The highest BCUT2D eigenvalue weighted by Gasteiger charge is 2.35. The molecule has 4 atom stereocenters. The molecule has 2 saturated carbocycles. The highest BCUT2D eigenvalue weighted by Crippen LogP contribution is 2.45. The summed E-state index contributed by atoms with van der Waals surface area (Å²) in [6.07, 6.45) is 10.5. The molecule has 0 amide bonds. The Balaban J connectivity index is 1.51. The lowest BCUT2D eigenvalue weighted by Gasteiger charge is -2.42. The van der Waals surface area contributed by atoms with Gasteiger partial charge in [0.2, 0.25) is 5.82 Å². The van der Waals surface area contributed by atoms with Crippen molar-refractivity contribution in [3.8, 4) is 5.75 Å². The van der Waals surface area contributed by atoms with Crippen molar-refractivity contribution in [2.45, 2.75) is 65.2 Å². The summed E-state index contributed by atoms with van der Waals surface area (Å²) in [5, 5.41) is 0. The van der Waals surface area contributed by atoms with E-state index in [9.17, 15) is 8.78 Å². The summed E-state index contributed by atoms with van der Waals surface area (Å²) in [7, 11) is 0. The van der Waals surface area contributed by atoms with Crippen LogP contribution in [0.1, 0.15) is 63.9 Å². The third-order valence-electron chi connectivity index (χ3n) is 6.24. The van der Waals surface area contributed by atoms with Crippen LogP contribution in [0.5, 0.6) is 5.75 Å². The van der Waals surface area contributed by atoms with Gasteiger partial charge in [-0.05, 0) is 74.3 Å². The summed E-state index contributed by atoms with van der Waals surface area (Å²) < 4.78 is 33.2. The molecule has 2 aliphatic rings. The fraction of sp³-hybridized carbons (Fsp3) is 0.714. The van der Waals surface area contributed by atoms with Crippen molar-refractivity contribution in [1.29, 1.82) is 0 Å². The molecule has 0 radical (unpaired) electrons. The summed E-state index contributed by atoms with van der Waals surface area (Å²) in [6.45, 7) is 4.37. The number of hydrogen-bond acceptors (Lipinski definition) is 1. The van der Waals surface area contributed by atoms with Crippen molar-refractivity contribution in [2.24, 2.45) is 23.7 Å². The first-order valence-corrected chi connectivity index (χ1v) is 9.65. The quantitative estimate of drug-likeness (QED) is 0.614. The zero-order valence-corrected chi connectivity index (χ0v) is 15.0. The van der Waals surface area contributed by atoms with Gasteiger partial charge in [0.05, 0.1) is 6.61 Å². The minimum atomic E-state index is -0.844. The molecule has 0 heterocycles. The number of rotatable bonds is 5. The zero-order chi connectivity index (χ0) is 17.1. The Morgan fingerprint density at radius 3 is 2.33 bits per heavy atom. The first-order chi connectivity index (χ1) is 11.6. The highest BCUT2D eigenvalue weighted by atomic mass is 19.2. The van der Waals surface area contributed by atoms with Gasteiger partial charge in [0.15, 0.2) is 11.6 Å². The molecule has 3 heteroatoms. The Hall–Kier alpha value is -1.12. The lowest BCUT2D eigenvalue weighted by molar-refractivity contribution is 0.0739. The summed E-state index contributed by atoms with van der Waals surface area (Å²) in [5.74, 6) is 1.56. The topological polar surface area (TPSA) is 9.23 Å². The van der Waals surface area contributed by atoms with Gasteiger partial charge < -0.3 is 4.74 Å². The minimum Gasteiger partial charge on any atom is -0.490 e. The van der Waals surface area contributed by atoms with Gasteiger partial charge in [-0.25, -0.2) is 4.39 Å². The van der Waals surface area contributed by atoms with E-state index in [0.717, 1.165) is 24.2 Å². The van der Waals surface area contributed by atoms with E-state index in [1.165, 1.54) is 44.9 Å².